The quantitative estimate of drug-likeness (QED) is 0.255. The summed E-state index contributed by atoms with van der Waals surface area (Å²) in [7, 11) is -9.33. The van der Waals surface area contributed by atoms with Gasteiger partial charge in [-0.2, -0.15) is 16.8 Å². The van der Waals surface area contributed by atoms with Crippen molar-refractivity contribution in [1.29, 1.82) is 0 Å². The fourth-order valence-electron chi connectivity index (χ4n) is 0. The second kappa shape index (κ2) is 12.3. The van der Waals surface area contributed by atoms with Crippen molar-refractivity contribution in [2.75, 3.05) is 0 Å². The summed E-state index contributed by atoms with van der Waals surface area (Å²) in [5.74, 6) is 0. The molecule has 0 heterocycles. The predicted octanol–water partition coefficient (Wildman–Crippen LogP) is -4.50. The normalized spacial score (nSPS) is 8.92. The molecular weight excluding hydrogens is 264 g/mol. The van der Waals surface area contributed by atoms with Gasteiger partial charge in [-0.15, -0.1) is 0 Å². The first-order valence-electron chi connectivity index (χ1n) is 1.40. The molecule has 0 bridgehead atoms. The van der Waals surface area contributed by atoms with Crippen LogP contribution >= 0.6 is 0 Å². The Kier molecular flexibility index (Phi) is 28.0. The van der Waals surface area contributed by atoms with Gasteiger partial charge in [-0.1, -0.05) is 0 Å². The molecule has 0 aromatic rings. The summed E-state index contributed by atoms with van der Waals surface area (Å²) in [6.45, 7) is 0. The van der Waals surface area contributed by atoms with Gasteiger partial charge in [-0.3, -0.25) is 18.2 Å². The Morgan fingerprint density at radius 1 is 0.692 bits per heavy atom. The SMILES string of the molecule is O=S(=O)(O)O.O=S(=O)(O)O.[H-].[H-].[H-].[H-].[H-].[Mg+2].[Mg+2].[Na+]. The largest absolute Gasteiger partial charge is 2.00 e. The van der Waals surface area contributed by atoms with Crippen LogP contribution in [-0.2, 0) is 20.8 Å². The zero-order chi connectivity index (χ0) is 9.00. The van der Waals surface area contributed by atoms with Crippen molar-refractivity contribution in [1.82, 2.24) is 0 Å². The smallest absolute Gasteiger partial charge is 1.00 e. The van der Waals surface area contributed by atoms with E-state index in [1.54, 1.807) is 0 Å². The summed E-state index contributed by atoms with van der Waals surface area (Å²) in [4.78, 5) is 0. The number of rotatable bonds is 0. The van der Waals surface area contributed by atoms with Crippen LogP contribution < -0.4 is 29.6 Å². The first kappa shape index (κ1) is 29.5. The van der Waals surface area contributed by atoms with Crippen molar-refractivity contribution in [3.63, 3.8) is 0 Å². The molecule has 0 saturated heterocycles. The molecule has 0 aliphatic carbocycles. The summed E-state index contributed by atoms with van der Waals surface area (Å²) in [5.41, 5.74) is 0. The van der Waals surface area contributed by atoms with Crippen molar-refractivity contribution in [2.45, 2.75) is 0 Å². The summed E-state index contributed by atoms with van der Waals surface area (Å²) in [6, 6.07) is 0. The van der Waals surface area contributed by atoms with E-state index in [1.165, 1.54) is 0 Å². The maximum absolute atomic E-state index is 8.74. The molecule has 13 heavy (non-hydrogen) atoms. The molecule has 0 aromatic heterocycles. The average Bonchev–Trinajstić information content (AvgIpc) is 1.12. The fraction of sp³-hybridized carbons (Fsp3) is 0. The zero-order valence-electron chi connectivity index (χ0n) is 11.7. The van der Waals surface area contributed by atoms with E-state index in [4.69, 9.17) is 35.0 Å². The van der Waals surface area contributed by atoms with Gasteiger partial charge in [0, 0.05) is 0 Å². The third kappa shape index (κ3) is 416. The van der Waals surface area contributed by atoms with Crippen LogP contribution in [0.3, 0.4) is 0 Å². The average molecular weight is 273 g/mol. The molecule has 0 atom stereocenters. The van der Waals surface area contributed by atoms with Gasteiger partial charge >= 0.3 is 96.5 Å². The van der Waals surface area contributed by atoms with Crippen LogP contribution in [0.25, 0.3) is 0 Å². The predicted molar refractivity (Wildman–Crippen MR) is 45.4 cm³/mol. The molecule has 0 aliphatic rings. The molecule has 0 saturated carbocycles. The van der Waals surface area contributed by atoms with Gasteiger partial charge in [-0.25, -0.2) is 0 Å². The van der Waals surface area contributed by atoms with Crippen LogP contribution in [0.15, 0.2) is 0 Å². The molecule has 0 aromatic carbocycles. The molecule has 13 heteroatoms. The van der Waals surface area contributed by atoms with E-state index in [-0.39, 0.29) is 82.8 Å². The van der Waals surface area contributed by atoms with Gasteiger partial charge in [0.2, 0.25) is 0 Å². The zero-order valence-corrected chi connectivity index (χ0v) is 13.1. The molecule has 0 unspecified atom stereocenters. The fourth-order valence-corrected chi connectivity index (χ4v) is 0. The third-order valence-corrected chi connectivity index (χ3v) is 0. The van der Waals surface area contributed by atoms with Crippen LogP contribution in [0, 0.1) is 0 Å². The maximum Gasteiger partial charge on any atom is 2.00 e. The minimum atomic E-state index is -4.67. The summed E-state index contributed by atoms with van der Waals surface area (Å²) >= 11 is 0. The molecule has 0 fully saturated rings. The minimum absolute atomic E-state index is 0. The van der Waals surface area contributed by atoms with Crippen LogP contribution in [0.2, 0.25) is 0 Å². The molecule has 0 amide bonds. The second-order valence-electron chi connectivity index (χ2n) is 0.896. The van der Waals surface area contributed by atoms with E-state index in [0.717, 1.165) is 0 Å². The molecule has 8 nitrogen and oxygen atoms in total. The van der Waals surface area contributed by atoms with Gasteiger partial charge in [-0.05, 0) is 0 Å². The van der Waals surface area contributed by atoms with Crippen molar-refractivity contribution in [3.05, 3.63) is 0 Å². The van der Waals surface area contributed by atoms with Crippen molar-refractivity contribution in [2.24, 2.45) is 0 Å². The van der Waals surface area contributed by atoms with Gasteiger partial charge in [0.1, 0.15) is 0 Å². The second-order valence-corrected chi connectivity index (χ2v) is 2.69. The van der Waals surface area contributed by atoms with Crippen molar-refractivity contribution < 1.29 is 71.7 Å². The van der Waals surface area contributed by atoms with E-state index < -0.39 is 20.8 Å². The maximum atomic E-state index is 8.74. The molecular formula is H9Mg2NaO8S2. The molecule has 0 rings (SSSR count). The van der Waals surface area contributed by atoms with Crippen molar-refractivity contribution in [3.8, 4) is 0 Å². The molecule has 0 spiro atoms. The first-order valence-corrected chi connectivity index (χ1v) is 4.19. The van der Waals surface area contributed by atoms with E-state index in [0.29, 0.717) is 0 Å². The molecule has 4 N–H and O–H groups in total. The first-order chi connectivity index (χ1) is 4.00. The standard InChI is InChI=1S/2Mg.Na.2H2O4S.5H/c;;;2*1-5(2,3)4;;;;;/h;;;2*(H2,1,2,3,4);;;;;/q2*+2;+1;;;5*-1. The Morgan fingerprint density at radius 2 is 0.692 bits per heavy atom. The Morgan fingerprint density at radius 3 is 0.692 bits per heavy atom. The Balaban J connectivity index is -0.00000000615. The van der Waals surface area contributed by atoms with Crippen LogP contribution in [0.5, 0.6) is 0 Å². The van der Waals surface area contributed by atoms with Gasteiger partial charge in [0.15, 0.2) is 0 Å². The van der Waals surface area contributed by atoms with E-state index in [9.17, 15) is 0 Å². The van der Waals surface area contributed by atoms with Gasteiger partial charge in [0.05, 0.1) is 0 Å². The van der Waals surface area contributed by atoms with Crippen LogP contribution in [0.1, 0.15) is 7.13 Å². The third-order valence-electron chi connectivity index (χ3n) is 0. The molecule has 0 radical (unpaired) electrons. The Bertz CT molecular complexity index is 232. The number of hydrogen-bond donors (Lipinski definition) is 4. The van der Waals surface area contributed by atoms with Gasteiger partial charge in [0.25, 0.3) is 0 Å². The summed E-state index contributed by atoms with van der Waals surface area (Å²) < 4.78 is 63.2. The molecule has 74 valence electrons. The van der Waals surface area contributed by atoms with Crippen LogP contribution in [0.4, 0.5) is 0 Å². The Labute approximate surface area is 137 Å². The van der Waals surface area contributed by atoms with Crippen molar-refractivity contribution >= 4 is 66.9 Å². The van der Waals surface area contributed by atoms with E-state index in [2.05, 4.69) is 0 Å². The number of hydrogen-bond acceptors (Lipinski definition) is 4. The topological polar surface area (TPSA) is 149 Å². The summed E-state index contributed by atoms with van der Waals surface area (Å²) in [5, 5.41) is 0. The van der Waals surface area contributed by atoms with Crippen LogP contribution in [-0.4, -0.2) is 81.2 Å². The van der Waals surface area contributed by atoms with E-state index >= 15 is 0 Å². The summed E-state index contributed by atoms with van der Waals surface area (Å²) in [6.07, 6.45) is 0. The van der Waals surface area contributed by atoms with E-state index in [1.807, 2.05) is 0 Å². The Hall–Kier alpha value is 2.27. The molecule has 0 aliphatic heterocycles. The van der Waals surface area contributed by atoms with Gasteiger partial charge < -0.3 is 7.13 Å². The minimum Gasteiger partial charge on any atom is -1.00 e. The monoisotopic (exact) mass is 272 g/mol.